The van der Waals surface area contributed by atoms with Crippen molar-refractivity contribution in [2.45, 2.75) is 38.6 Å². The summed E-state index contributed by atoms with van der Waals surface area (Å²) in [5.74, 6) is 3.31. The largest absolute Gasteiger partial charge is 0.494 e. The van der Waals surface area contributed by atoms with Crippen molar-refractivity contribution >= 4 is 22.6 Å². The predicted molar refractivity (Wildman–Crippen MR) is 82.4 cm³/mol. The summed E-state index contributed by atoms with van der Waals surface area (Å²) in [6.45, 7) is 5.29. The number of methoxy groups -OCH3 is 1. The summed E-state index contributed by atoms with van der Waals surface area (Å²) in [5, 5.41) is -0.0986. The smallest absolute Gasteiger partial charge is 0.146 e. The van der Waals surface area contributed by atoms with E-state index in [1.807, 2.05) is 19.1 Å². The number of halogens is 1. The van der Waals surface area contributed by atoms with Gasteiger partial charge in [0.2, 0.25) is 0 Å². The highest BCUT2D eigenvalue weighted by Gasteiger charge is 2.29. The van der Waals surface area contributed by atoms with Gasteiger partial charge in [0.05, 0.1) is 18.0 Å². The molecule has 2 atom stereocenters. The van der Waals surface area contributed by atoms with Crippen molar-refractivity contribution in [3.05, 3.63) is 24.0 Å². The van der Waals surface area contributed by atoms with Crippen LogP contribution in [-0.2, 0) is 6.54 Å². The third-order valence-electron chi connectivity index (χ3n) is 4.24. The van der Waals surface area contributed by atoms with Gasteiger partial charge in [0.1, 0.15) is 17.1 Å². The first kappa shape index (κ1) is 13.7. The number of hydrogen-bond donors (Lipinski definition) is 0. The maximum absolute atomic E-state index is 6.33. The molecule has 1 aromatic carbocycles. The zero-order valence-electron chi connectivity index (χ0n) is 12.3. The molecule has 0 N–H and O–H groups in total. The second kappa shape index (κ2) is 5.28. The van der Waals surface area contributed by atoms with Crippen molar-refractivity contribution in [2.24, 2.45) is 11.8 Å². The number of ether oxygens (including phenoxy) is 1. The minimum absolute atomic E-state index is 0.0986. The summed E-state index contributed by atoms with van der Waals surface area (Å²) >= 11 is 6.33. The van der Waals surface area contributed by atoms with Crippen molar-refractivity contribution in [1.29, 1.82) is 0 Å². The molecule has 3 rings (SSSR count). The normalized spacial score (nSPS) is 18.2. The summed E-state index contributed by atoms with van der Waals surface area (Å²) in [5.41, 5.74) is 2.04. The van der Waals surface area contributed by atoms with Crippen LogP contribution in [0.3, 0.4) is 0 Å². The van der Waals surface area contributed by atoms with Crippen LogP contribution in [0, 0.1) is 11.8 Å². The number of rotatable bonds is 5. The fourth-order valence-electron chi connectivity index (χ4n) is 2.90. The zero-order valence-corrected chi connectivity index (χ0v) is 13.0. The summed E-state index contributed by atoms with van der Waals surface area (Å²) in [7, 11) is 1.68. The average molecular weight is 293 g/mol. The van der Waals surface area contributed by atoms with Gasteiger partial charge in [0, 0.05) is 6.54 Å². The Hall–Kier alpha value is -1.22. The topological polar surface area (TPSA) is 27.1 Å². The Balaban J connectivity index is 2.08. The minimum atomic E-state index is -0.0986. The zero-order chi connectivity index (χ0) is 14.3. The lowest BCUT2D eigenvalue weighted by Crippen LogP contribution is -2.12. The Labute approximate surface area is 124 Å². The quantitative estimate of drug-likeness (QED) is 0.764. The lowest BCUT2D eigenvalue weighted by Gasteiger charge is -2.15. The number of hydrogen-bond acceptors (Lipinski definition) is 2. The summed E-state index contributed by atoms with van der Waals surface area (Å²) in [6, 6.07) is 6.07. The van der Waals surface area contributed by atoms with Crippen molar-refractivity contribution < 1.29 is 4.74 Å². The molecular weight excluding hydrogens is 272 g/mol. The van der Waals surface area contributed by atoms with Gasteiger partial charge in [0.15, 0.2) is 0 Å². The average Bonchev–Trinajstić information content (AvgIpc) is 3.21. The van der Waals surface area contributed by atoms with Crippen molar-refractivity contribution in [1.82, 2.24) is 9.55 Å². The number of alkyl halides is 1. The highest BCUT2D eigenvalue weighted by atomic mass is 35.5. The molecule has 0 spiro atoms. The first-order valence-corrected chi connectivity index (χ1v) is 7.72. The Bertz CT molecular complexity index is 616. The van der Waals surface area contributed by atoms with Crippen LogP contribution in [0.25, 0.3) is 11.0 Å². The van der Waals surface area contributed by atoms with Crippen LogP contribution < -0.4 is 4.74 Å². The molecule has 1 aromatic heterocycles. The van der Waals surface area contributed by atoms with Crippen LogP contribution in [0.1, 0.15) is 37.9 Å². The SMILES string of the molecule is COc1cccc2c1nc(C(C)Cl)n2CC(C)C1CC1. The fourth-order valence-corrected chi connectivity index (χ4v) is 3.07. The molecule has 3 nitrogen and oxygen atoms in total. The van der Waals surface area contributed by atoms with E-state index in [2.05, 4.69) is 17.6 Å². The Morgan fingerprint density at radius 3 is 2.75 bits per heavy atom. The summed E-state index contributed by atoms with van der Waals surface area (Å²) < 4.78 is 7.70. The lowest BCUT2D eigenvalue weighted by molar-refractivity contribution is 0.419. The predicted octanol–water partition coefficient (Wildman–Crippen LogP) is 4.39. The lowest BCUT2D eigenvalue weighted by atomic mass is 10.1. The van der Waals surface area contributed by atoms with E-state index >= 15 is 0 Å². The number of imidazole rings is 1. The highest BCUT2D eigenvalue weighted by Crippen LogP contribution is 2.39. The van der Waals surface area contributed by atoms with Gasteiger partial charge < -0.3 is 9.30 Å². The molecule has 1 fully saturated rings. The van der Waals surface area contributed by atoms with Gasteiger partial charge in [-0.15, -0.1) is 11.6 Å². The first-order chi connectivity index (χ1) is 9.61. The first-order valence-electron chi connectivity index (χ1n) is 7.29. The fraction of sp³-hybridized carbons (Fsp3) is 0.562. The second-order valence-corrected chi connectivity index (χ2v) is 6.49. The molecule has 1 aliphatic carbocycles. The summed E-state index contributed by atoms with van der Waals surface area (Å²) in [6.07, 6.45) is 2.73. The van der Waals surface area contributed by atoms with Gasteiger partial charge in [-0.1, -0.05) is 13.0 Å². The third kappa shape index (κ3) is 2.39. The molecule has 0 saturated heterocycles. The van der Waals surface area contributed by atoms with Gasteiger partial charge >= 0.3 is 0 Å². The molecular formula is C16H21ClN2O. The molecule has 108 valence electrons. The van der Waals surface area contributed by atoms with Crippen LogP contribution in [0.2, 0.25) is 0 Å². The van der Waals surface area contributed by atoms with E-state index in [0.29, 0.717) is 5.92 Å². The van der Waals surface area contributed by atoms with E-state index in [4.69, 9.17) is 21.3 Å². The number of para-hydroxylation sites is 1. The van der Waals surface area contributed by atoms with Crippen molar-refractivity contribution in [3.8, 4) is 5.75 Å². The third-order valence-corrected chi connectivity index (χ3v) is 4.44. The Morgan fingerprint density at radius 1 is 1.40 bits per heavy atom. The van der Waals surface area contributed by atoms with Crippen LogP contribution in [-0.4, -0.2) is 16.7 Å². The maximum Gasteiger partial charge on any atom is 0.146 e. The number of benzene rings is 1. The summed E-state index contributed by atoms with van der Waals surface area (Å²) in [4.78, 5) is 4.72. The van der Waals surface area contributed by atoms with Gasteiger partial charge in [0.25, 0.3) is 0 Å². The molecule has 0 bridgehead atoms. The van der Waals surface area contributed by atoms with Gasteiger partial charge in [-0.05, 0) is 43.7 Å². The standard InChI is InChI=1S/C16H21ClN2O/c1-10(12-7-8-12)9-19-13-5-4-6-14(20-3)15(13)18-16(19)11(2)17/h4-6,10-12H,7-9H2,1-3H3. The molecule has 0 aliphatic heterocycles. The molecule has 0 amide bonds. The van der Waals surface area contributed by atoms with Crippen LogP contribution in [0.15, 0.2) is 18.2 Å². The number of aromatic nitrogens is 2. The molecule has 0 radical (unpaired) electrons. The molecule has 1 saturated carbocycles. The highest BCUT2D eigenvalue weighted by molar-refractivity contribution is 6.20. The van der Waals surface area contributed by atoms with Crippen molar-refractivity contribution in [3.63, 3.8) is 0 Å². The second-order valence-electron chi connectivity index (χ2n) is 5.84. The maximum atomic E-state index is 6.33. The number of fused-ring (bicyclic) bond motifs is 1. The minimum Gasteiger partial charge on any atom is -0.494 e. The number of nitrogens with zero attached hydrogens (tertiary/aromatic N) is 2. The van der Waals surface area contributed by atoms with E-state index < -0.39 is 0 Å². The van der Waals surface area contributed by atoms with E-state index in [9.17, 15) is 0 Å². The van der Waals surface area contributed by atoms with E-state index in [-0.39, 0.29) is 5.38 Å². The molecule has 20 heavy (non-hydrogen) atoms. The van der Waals surface area contributed by atoms with Crippen LogP contribution in [0.4, 0.5) is 0 Å². The van der Waals surface area contributed by atoms with E-state index in [1.54, 1.807) is 7.11 Å². The van der Waals surface area contributed by atoms with Crippen LogP contribution in [0.5, 0.6) is 5.75 Å². The van der Waals surface area contributed by atoms with Gasteiger partial charge in [-0.2, -0.15) is 0 Å². The Kier molecular flexibility index (Phi) is 3.63. The van der Waals surface area contributed by atoms with Gasteiger partial charge in [-0.25, -0.2) is 4.98 Å². The molecule has 4 heteroatoms. The molecule has 1 heterocycles. The monoisotopic (exact) mass is 292 g/mol. The van der Waals surface area contributed by atoms with Crippen LogP contribution >= 0.6 is 11.6 Å². The van der Waals surface area contributed by atoms with Crippen molar-refractivity contribution in [2.75, 3.05) is 7.11 Å². The molecule has 1 aliphatic rings. The molecule has 2 aromatic rings. The Morgan fingerprint density at radius 2 is 2.15 bits per heavy atom. The van der Waals surface area contributed by atoms with E-state index in [1.165, 1.54) is 12.8 Å². The van der Waals surface area contributed by atoms with E-state index in [0.717, 1.165) is 35.1 Å². The van der Waals surface area contributed by atoms with Gasteiger partial charge in [-0.3, -0.25) is 0 Å². The molecule has 2 unspecified atom stereocenters.